The molecule has 2 rings (SSSR count). The average Bonchev–Trinajstić information content (AvgIpc) is 2.38. The van der Waals surface area contributed by atoms with Gasteiger partial charge in [0.1, 0.15) is 5.69 Å². The van der Waals surface area contributed by atoms with Crippen LogP contribution in [0.2, 0.25) is 0 Å². The van der Waals surface area contributed by atoms with E-state index in [1.54, 1.807) is 6.20 Å². The van der Waals surface area contributed by atoms with Gasteiger partial charge in [-0.1, -0.05) is 12.1 Å². The molecular formula is C13H20N4O. The van der Waals surface area contributed by atoms with Crippen molar-refractivity contribution < 1.29 is 5.21 Å². The summed E-state index contributed by atoms with van der Waals surface area (Å²) in [6.07, 6.45) is 4.29. The Kier molecular flexibility index (Phi) is 4.15. The lowest BCUT2D eigenvalue weighted by Gasteiger charge is -2.30. The van der Waals surface area contributed by atoms with E-state index in [9.17, 15) is 0 Å². The first kappa shape index (κ1) is 12.8. The number of pyridine rings is 1. The molecule has 1 unspecified atom stereocenters. The van der Waals surface area contributed by atoms with Crippen LogP contribution in [0.1, 0.15) is 31.0 Å². The molecule has 1 atom stereocenters. The summed E-state index contributed by atoms with van der Waals surface area (Å²) in [5.74, 6) is 0.827. The highest BCUT2D eigenvalue weighted by Gasteiger charge is 2.16. The summed E-state index contributed by atoms with van der Waals surface area (Å²) in [5.41, 5.74) is 7.22. The zero-order valence-electron chi connectivity index (χ0n) is 10.7. The summed E-state index contributed by atoms with van der Waals surface area (Å²) < 4.78 is 0. The van der Waals surface area contributed by atoms with E-state index >= 15 is 0 Å². The van der Waals surface area contributed by atoms with Gasteiger partial charge in [-0.2, -0.15) is 0 Å². The maximum absolute atomic E-state index is 8.65. The van der Waals surface area contributed by atoms with Gasteiger partial charge in [-0.05, 0) is 43.0 Å². The van der Waals surface area contributed by atoms with Crippen molar-refractivity contribution in [3.63, 3.8) is 0 Å². The number of nitrogens with two attached hydrogens (primary N) is 1. The maximum Gasteiger partial charge on any atom is 0.188 e. The molecule has 5 nitrogen and oxygen atoms in total. The zero-order chi connectivity index (χ0) is 13.0. The van der Waals surface area contributed by atoms with Crippen molar-refractivity contribution in [3.05, 3.63) is 29.6 Å². The second kappa shape index (κ2) is 5.82. The highest BCUT2D eigenvalue weighted by molar-refractivity contribution is 5.95. The van der Waals surface area contributed by atoms with Crippen molar-refractivity contribution in [3.8, 4) is 0 Å². The fraction of sp³-hybridized carbons (Fsp3) is 0.538. The Labute approximate surface area is 107 Å². The number of nitrogens with zero attached hydrogens (tertiary/aromatic N) is 3. The number of amidine groups is 1. The quantitative estimate of drug-likeness (QED) is 0.367. The second-order valence-corrected chi connectivity index (χ2v) is 5.02. The van der Waals surface area contributed by atoms with Crippen LogP contribution in [0, 0.1) is 5.92 Å². The molecule has 0 aliphatic carbocycles. The molecule has 2 heterocycles. The van der Waals surface area contributed by atoms with Crippen molar-refractivity contribution in [2.45, 2.75) is 26.3 Å². The summed E-state index contributed by atoms with van der Waals surface area (Å²) in [7, 11) is 0. The van der Waals surface area contributed by atoms with E-state index in [1.807, 2.05) is 12.1 Å². The van der Waals surface area contributed by atoms with Gasteiger partial charge in [0.2, 0.25) is 0 Å². The minimum atomic E-state index is 0.0591. The highest BCUT2D eigenvalue weighted by Crippen LogP contribution is 2.17. The number of piperidine rings is 1. The lowest BCUT2D eigenvalue weighted by molar-refractivity contribution is 0.176. The molecule has 0 saturated carbocycles. The topological polar surface area (TPSA) is 74.7 Å². The number of aromatic nitrogens is 1. The minimum absolute atomic E-state index is 0.0591. The minimum Gasteiger partial charge on any atom is -0.409 e. The number of rotatable bonds is 3. The first-order valence-electron chi connectivity index (χ1n) is 6.34. The SMILES string of the molecule is CC1CCCN(Cc2ccnc(C(N)=NO)c2)C1. The Morgan fingerprint density at radius 2 is 2.50 bits per heavy atom. The normalized spacial score (nSPS) is 22.1. The van der Waals surface area contributed by atoms with E-state index in [0.29, 0.717) is 5.69 Å². The van der Waals surface area contributed by atoms with Gasteiger partial charge in [-0.25, -0.2) is 0 Å². The summed E-state index contributed by atoms with van der Waals surface area (Å²) in [6, 6.07) is 3.86. The Balaban J connectivity index is 2.05. The maximum atomic E-state index is 8.65. The van der Waals surface area contributed by atoms with Gasteiger partial charge in [0.25, 0.3) is 0 Å². The third kappa shape index (κ3) is 3.20. The van der Waals surface area contributed by atoms with Crippen LogP contribution in [0.25, 0.3) is 0 Å². The molecule has 1 fully saturated rings. The first-order valence-corrected chi connectivity index (χ1v) is 6.34. The molecule has 1 aromatic heterocycles. The van der Waals surface area contributed by atoms with E-state index in [4.69, 9.17) is 10.9 Å². The van der Waals surface area contributed by atoms with Crippen molar-refractivity contribution in [2.75, 3.05) is 13.1 Å². The molecule has 0 spiro atoms. The van der Waals surface area contributed by atoms with Crippen LogP contribution in [-0.2, 0) is 6.54 Å². The lowest BCUT2D eigenvalue weighted by Crippen LogP contribution is -2.33. The molecule has 5 heteroatoms. The Morgan fingerprint density at radius 3 is 3.22 bits per heavy atom. The third-order valence-electron chi connectivity index (χ3n) is 3.34. The third-order valence-corrected chi connectivity index (χ3v) is 3.34. The second-order valence-electron chi connectivity index (χ2n) is 5.02. The predicted molar refractivity (Wildman–Crippen MR) is 70.4 cm³/mol. The molecule has 1 aliphatic heterocycles. The van der Waals surface area contributed by atoms with Crippen molar-refractivity contribution >= 4 is 5.84 Å². The molecule has 0 amide bonds. The molecule has 98 valence electrons. The average molecular weight is 248 g/mol. The highest BCUT2D eigenvalue weighted by atomic mass is 16.4. The van der Waals surface area contributed by atoms with Gasteiger partial charge < -0.3 is 10.9 Å². The standard InChI is InChI=1S/C13H20N4O/c1-10-3-2-6-17(8-10)9-11-4-5-15-12(7-11)13(14)16-18/h4-5,7,10,18H,2-3,6,8-9H2,1H3,(H2,14,16). The zero-order valence-corrected chi connectivity index (χ0v) is 10.7. The van der Waals surface area contributed by atoms with Gasteiger partial charge in [0.05, 0.1) is 0 Å². The fourth-order valence-corrected chi connectivity index (χ4v) is 2.45. The van der Waals surface area contributed by atoms with Crippen LogP contribution in [0.15, 0.2) is 23.5 Å². The number of likely N-dealkylation sites (tertiary alicyclic amines) is 1. The van der Waals surface area contributed by atoms with Crippen molar-refractivity contribution in [1.29, 1.82) is 0 Å². The van der Waals surface area contributed by atoms with Crippen LogP contribution in [0.5, 0.6) is 0 Å². The van der Waals surface area contributed by atoms with Crippen molar-refractivity contribution in [1.82, 2.24) is 9.88 Å². The fourth-order valence-electron chi connectivity index (χ4n) is 2.45. The molecule has 0 aromatic carbocycles. The Bertz CT molecular complexity index is 433. The van der Waals surface area contributed by atoms with Crippen LogP contribution < -0.4 is 5.73 Å². The summed E-state index contributed by atoms with van der Waals surface area (Å²) in [4.78, 5) is 6.53. The summed E-state index contributed by atoms with van der Waals surface area (Å²) in [6.45, 7) is 5.48. The molecule has 0 radical (unpaired) electrons. The van der Waals surface area contributed by atoms with E-state index in [1.165, 1.54) is 12.8 Å². The number of oxime groups is 1. The first-order chi connectivity index (χ1) is 8.69. The van der Waals surface area contributed by atoms with Gasteiger partial charge in [0, 0.05) is 19.3 Å². The number of hydrogen-bond acceptors (Lipinski definition) is 4. The largest absolute Gasteiger partial charge is 0.409 e. The molecule has 3 N–H and O–H groups in total. The molecule has 1 saturated heterocycles. The van der Waals surface area contributed by atoms with E-state index < -0.39 is 0 Å². The van der Waals surface area contributed by atoms with Gasteiger partial charge in [0.15, 0.2) is 5.84 Å². The van der Waals surface area contributed by atoms with Gasteiger partial charge in [-0.15, -0.1) is 0 Å². The Morgan fingerprint density at radius 1 is 1.67 bits per heavy atom. The Hall–Kier alpha value is -1.62. The van der Waals surface area contributed by atoms with Gasteiger partial charge >= 0.3 is 0 Å². The van der Waals surface area contributed by atoms with E-state index in [0.717, 1.165) is 31.1 Å². The van der Waals surface area contributed by atoms with Crippen LogP contribution >= 0.6 is 0 Å². The van der Waals surface area contributed by atoms with Crippen molar-refractivity contribution in [2.24, 2.45) is 16.8 Å². The molecule has 1 aliphatic rings. The molecule has 0 bridgehead atoms. The number of hydrogen-bond donors (Lipinski definition) is 2. The summed E-state index contributed by atoms with van der Waals surface area (Å²) >= 11 is 0. The monoisotopic (exact) mass is 248 g/mol. The van der Waals surface area contributed by atoms with E-state index in [-0.39, 0.29) is 5.84 Å². The molecular weight excluding hydrogens is 228 g/mol. The lowest BCUT2D eigenvalue weighted by atomic mass is 10.00. The molecule has 1 aromatic rings. The van der Waals surface area contributed by atoms with Gasteiger partial charge in [-0.3, -0.25) is 9.88 Å². The smallest absolute Gasteiger partial charge is 0.188 e. The van der Waals surface area contributed by atoms with Crippen LogP contribution in [0.4, 0.5) is 0 Å². The van der Waals surface area contributed by atoms with Crippen LogP contribution in [-0.4, -0.2) is 34.0 Å². The van der Waals surface area contributed by atoms with Crippen LogP contribution in [0.3, 0.4) is 0 Å². The van der Waals surface area contributed by atoms with E-state index in [2.05, 4.69) is 22.0 Å². The predicted octanol–water partition coefficient (Wildman–Crippen LogP) is 1.41. The molecule has 18 heavy (non-hydrogen) atoms. The summed E-state index contributed by atoms with van der Waals surface area (Å²) in [5, 5.41) is 11.6.